The summed E-state index contributed by atoms with van der Waals surface area (Å²) in [6, 6.07) is 12.2. The Morgan fingerprint density at radius 2 is 1.96 bits per heavy atom. The summed E-state index contributed by atoms with van der Waals surface area (Å²) in [5.41, 5.74) is 1.29. The zero-order chi connectivity index (χ0) is 16.4. The number of thioether (sulfide) groups is 1. The fraction of sp³-hybridized carbons (Fsp3) is 0.125. The third kappa shape index (κ3) is 3.99. The average Bonchev–Trinajstić information content (AvgIpc) is 2.48. The SMILES string of the molecule is O=C(CC1Sc2ccc(Cl)cc2NC1=O)Nc1cccc(Cl)c1. The second kappa shape index (κ2) is 6.83. The van der Waals surface area contributed by atoms with Crippen LogP contribution < -0.4 is 10.6 Å². The van der Waals surface area contributed by atoms with Gasteiger partial charge >= 0.3 is 0 Å². The van der Waals surface area contributed by atoms with E-state index < -0.39 is 5.25 Å². The largest absolute Gasteiger partial charge is 0.326 e. The monoisotopic (exact) mass is 366 g/mol. The predicted molar refractivity (Wildman–Crippen MR) is 94.4 cm³/mol. The van der Waals surface area contributed by atoms with E-state index in [9.17, 15) is 9.59 Å². The van der Waals surface area contributed by atoms with E-state index in [1.54, 1.807) is 36.4 Å². The van der Waals surface area contributed by atoms with Gasteiger partial charge in [0.25, 0.3) is 0 Å². The van der Waals surface area contributed by atoms with E-state index in [4.69, 9.17) is 23.2 Å². The van der Waals surface area contributed by atoms with Gasteiger partial charge in [0.1, 0.15) is 0 Å². The smallest absolute Gasteiger partial charge is 0.238 e. The number of rotatable bonds is 3. The van der Waals surface area contributed by atoms with Gasteiger partial charge in [0.05, 0.1) is 10.9 Å². The fourth-order valence-electron chi connectivity index (χ4n) is 2.20. The molecule has 23 heavy (non-hydrogen) atoms. The third-order valence-electron chi connectivity index (χ3n) is 3.24. The van der Waals surface area contributed by atoms with Crippen LogP contribution in [0.15, 0.2) is 47.4 Å². The van der Waals surface area contributed by atoms with Gasteiger partial charge in [0.2, 0.25) is 11.8 Å². The lowest BCUT2D eigenvalue weighted by molar-refractivity contribution is -0.120. The van der Waals surface area contributed by atoms with Crippen molar-refractivity contribution in [2.24, 2.45) is 0 Å². The molecule has 0 aliphatic carbocycles. The van der Waals surface area contributed by atoms with Crippen LogP contribution in [-0.2, 0) is 9.59 Å². The molecule has 2 N–H and O–H groups in total. The Hall–Kier alpha value is -1.69. The Morgan fingerprint density at radius 1 is 1.17 bits per heavy atom. The third-order valence-corrected chi connectivity index (χ3v) is 4.99. The summed E-state index contributed by atoms with van der Waals surface area (Å²) in [4.78, 5) is 25.2. The molecule has 1 aliphatic heterocycles. The molecule has 2 amide bonds. The van der Waals surface area contributed by atoms with Gasteiger partial charge < -0.3 is 10.6 Å². The van der Waals surface area contributed by atoms with Gasteiger partial charge in [-0.15, -0.1) is 11.8 Å². The van der Waals surface area contributed by atoms with E-state index in [0.717, 1.165) is 4.90 Å². The molecule has 118 valence electrons. The molecule has 1 atom stereocenters. The first-order valence-corrected chi connectivity index (χ1v) is 8.47. The van der Waals surface area contributed by atoms with Crippen LogP contribution in [0.3, 0.4) is 0 Å². The summed E-state index contributed by atoms with van der Waals surface area (Å²) in [5, 5.41) is 6.14. The van der Waals surface area contributed by atoms with Crippen LogP contribution in [0.25, 0.3) is 0 Å². The van der Waals surface area contributed by atoms with E-state index >= 15 is 0 Å². The Labute approximate surface area is 147 Å². The first-order chi connectivity index (χ1) is 11.0. The molecule has 1 aliphatic rings. The molecular formula is C16H12Cl2N2O2S. The zero-order valence-corrected chi connectivity index (χ0v) is 14.1. The molecule has 0 fully saturated rings. The second-order valence-electron chi connectivity index (χ2n) is 5.00. The zero-order valence-electron chi connectivity index (χ0n) is 11.8. The summed E-state index contributed by atoms with van der Waals surface area (Å²) in [5.74, 6) is -0.441. The minimum absolute atomic E-state index is 0.0745. The molecule has 1 heterocycles. The number of hydrogen-bond acceptors (Lipinski definition) is 3. The molecule has 7 heteroatoms. The van der Waals surface area contributed by atoms with Gasteiger partial charge in [-0.1, -0.05) is 29.3 Å². The molecule has 0 saturated carbocycles. The summed E-state index contributed by atoms with van der Waals surface area (Å²) < 4.78 is 0. The van der Waals surface area contributed by atoms with Crippen molar-refractivity contribution in [3.05, 3.63) is 52.5 Å². The number of halogens is 2. The molecule has 4 nitrogen and oxygen atoms in total. The van der Waals surface area contributed by atoms with Crippen LogP contribution in [0.2, 0.25) is 10.0 Å². The molecule has 2 aromatic carbocycles. The minimum Gasteiger partial charge on any atom is -0.326 e. The number of nitrogens with one attached hydrogen (secondary N) is 2. The van der Waals surface area contributed by atoms with Gasteiger partial charge in [-0.05, 0) is 36.4 Å². The first-order valence-electron chi connectivity index (χ1n) is 6.84. The Kier molecular flexibility index (Phi) is 4.80. The molecule has 0 bridgehead atoms. The molecular weight excluding hydrogens is 355 g/mol. The van der Waals surface area contributed by atoms with E-state index in [0.29, 0.717) is 21.4 Å². The number of anilines is 2. The topological polar surface area (TPSA) is 58.2 Å². The van der Waals surface area contributed by atoms with Gasteiger partial charge in [0.15, 0.2) is 0 Å². The van der Waals surface area contributed by atoms with Crippen molar-refractivity contribution in [1.29, 1.82) is 0 Å². The van der Waals surface area contributed by atoms with E-state index in [2.05, 4.69) is 10.6 Å². The molecule has 0 saturated heterocycles. The highest BCUT2D eigenvalue weighted by atomic mass is 35.5. The predicted octanol–water partition coefficient (Wildman–Crippen LogP) is 4.44. The van der Waals surface area contributed by atoms with Crippen LogP contribution in [0.1, 0.15) is 6.42 Å². The molecule has 0 radical (unpaired) electrons. The van der Waals surface area contributed by atoms with Gasteiger partial charge in [0, 0.05) is 27.0 Å². The lowest BCUT2D eigenvalue weighted by Gasteiger charge is -2.23. The molecule has 0 aromatic heterocycles. The molecule has 3 rings (SSSR count). The van der Waals surface area contributed by atoms with Gasteiger partial charge in [-0.25, -0.2) is 0 Å². The number of hydrogen-bond donors (Lipinski definition) is 2. The summed E-state index contributed by atoms with van der Waals surface area (Å²) in [7, 11) is 0. The lowest BCUT2D eigenvalue weighted by atomic mass is 10.2. The maximum Gasteiger partial charge on any atom is 0.238 e. The summed E-state index contributed by atoms with van der Waals surface area (Å²) in [6.07, 6.45) is 0.0745. The van der Waals surface area contributed by atoms with Crippen molar-refractivity contribution in [2.45, 2.75) is 16.6 Å². The van der Waals surface area contributed by atoms with E-state index in [1.807, 2.05) is 6.07 Å². The minimum atomic E-state index is -0.483. The number of fused-ring (bicyclic) bond motifs is 1. The number of benzene rings is 2. The van der Waals surface area contributed by atoms with Crippen molar-refractivity contribution in [3.63, 3.8) is 0 Å². The number of amides is 2. The van der Waals surface area contributed by atoms with E-state index in [1.165, 1.54) is 11.8 Å². The first kappa shape index (κ1) is 16.2. The quantitative estimate of drug-likeness (QED) is 0.844. The van der Waals surface area contributed by atoms with Crippen LogP contribution in [0, 0.1) is 0 Å². The maximum absolute atomic E-state index is 12.1. The summed E-state index contributed by atoms with van der Waals surface area (Å²) in [6.45, 7) is 0. The van der Waals surface area contributed by atoms with E-state index in [-0.39, 0.29) is 18.2 Å². The van der Waals surface area contributed by atoms with Gasteiger partial charge in [-0.3, -0.25) is 9.59 Å². The average molecular weight is 367 g/mol. The maximum atomic E-state index is 12.1. The van der Waals surface area contributed by atoms with Crippen LogP contribution in [0.5, 0.6) is 0 Å². The van der Waals surface area contributed by atoms with Crippen molar-refractivity contribution in [3.8, 4) is 0 Å². The second-order valence-corrected chi connectivity index (χ2v) is 7.12. The number of carbonyl (C=O) groups is 2. The van der Waals surface area contributed by atoms with Crippen molar-refractivity contribution in [1.82, 2.24) is 0 Å². The highest BCUT2D eigenvalue weighted by Crippen LogP contribution is 2.38. The standard InChI is InChI=1S/C16H12Cl2N2O2S/c17-9-2-1-3-11(6-9)19-15(21)8-14-16(22)20-12-7-10(18)4-5-13(12)23-14/h1-7,14H,8H2,(H,19,21)(H,20,22). The lowest BCUT2D eigenvalue weighted by Crippen LogP contribution is -2.32. The van der Waals surface area contributed by atoms with Crippen LogP contribution in [-0.4, -0.2) is 17.1 Å². The van der Waals surface area contributed by atoms with Crippen molar-refractivity contribution < 1.29 is 9.59 Å². The summed E-state index contributed by atoms with van der Waals surface area (Å²) >= 11 is 13.2. The highest BCUT2D eigenvalue weighted by Gasteiger charge is 2.29. The number of carbonyl (C=O) groups excluding carboxylic acids is 2. The fourth-order valence-corrected chi connectivity index (χ4v) is 3.66. The molecule has 1 unspecified atom stereocenters. The molecule has 2 aromatic rings. The Morgan fingerprint density at radius 3 is 2.74 bits per heavy atom. The van der Waals surface area contributed by atoms with Crippen LogP contribution in [0.4, 0.5) is 11.4 Å². The van der Waals surface area contributed by atoms with Crippen molar-refractivity contribution in [2.75, 3.05) is 10.6 Å². The molecule has 0 spiro atoms. The Bertz CT molecular complexity index is 782. The van der Waals surface area contributed by atoms with Crippen LogP contribution >= 0.6 is 35.0 Å². The highest BCUT2D eigenvalue weighted by molar-refractivity contribution is 8.01. The van der Waals surface area contributed by atoms with Gasteiger partial charge in [-0.2, -0.15) is 0 Å². The Balaban J connectivity index is 1.67. The van der Waals surface area contributed by atoms with Crippen molar-refractivity contribution >= 4 is 58.2 Å². The normalized spacial score (nSPS) is 16.4.